The van der Waals surface area contributed by atoms with Crippen LogP contribution in [0.25, 0.3) is 22.3 Å². The molecule has 7 rings (SSSR count). The summed E-state index contributed by atoms with van der Waals surface area (Å²) in [5.74, 6) is 0. The maximum atomic E-state index is 4.62. The Morgan fingerprint density at radius 2 is 1.07 bits per heavy atom. The van der Waals surface area contributed by atoms with Gasteiger partial charge in [0.05, 0.1) is 5.41 Å². The summed E-state index contributed by atoms with van der Waals surface area (Å²) in [6.07, 6.45) is 1.91. The highest BCUT2D eigenvalue weighted by Crippen LogP contribution is 2.56. The van der Waals surface area contributed by atoms with Gasteiger partial charge in [-0.3, -0.25) is 4.99 Å². The predicted molar refractivity (Wildman–Crippen MR) is 172 cm³/mol. The maximum absolute atomic E-state index is 4.62. The van der Waals surface area contributed by atoms with Crippen molar-refractivity contribution in [2.45, 2.75) is 5.41 Å². The third-order valence-corrected chi connectivity index (χ3v) is 8.10. The summed E-state index contributed by atoms with van der Waals surface area (Å²) >= 11 is 0. The standard InChI is InChI=1S/C39H30N2/c1-4-14-29(15-5-1)27-40-28-41-38-23-13-11-20-33(38)30-24-25-35-34-21-10-12-22-36(34)39(37(35)26-30,31-16-6-2-7-17-31)32-18-8-3-9-19-32/h1-27,41H,28H2/b40-27+. The smallest absolute Gasteiger partial charge is 0.107 e. The largest absolute Gasteiger partial charge is 0.366 e. The Morgan fingerprint density at radius 3 is 1.78 bits per heavy atom. The van der Waals surface area contributed by atoms with E-state index in [4.69, 9.17) is 0 Å². The zero-order valence-electron chi connectivity index (χ0n) is 22.7. The molecular formula is C39H30N2. The summed E-state index contributed by atoms with van der Waals surface area (Å²) in [6, 6.07) is 56.5. The Kier molecular flexibility index (Phi) is 6.50. The molecule has 0 bridgehead atoms. The number of aliphatic imine (C=N–C) groups is 1. The van der Waals surface area contributed by atoms with Crippen LogP contribution in [0.5, 0.6) is 0 Å². The lowest BCUT2D eigenvalue weighted by Gasteiger charge is -2.34. The molecule has 1 aliphatic carbocycles. The minimum Gasteiger partial charge on any atom is -0.366 e. The zero-order valence-corrected chi connectivity index (χ0v) is 22.7. The predicted octanol–water partition coefficient (Wildman–Crippen LogP) is 9.21. The molecule has 2 nitrogen and oxygen atoms in total. The van der Waals surface area contributed by atoms with Gasteiger partial charge in [0.1, 0.15) is 6.67 Å². The first-order valence-corrected chi connectivity index (χ1v) is 14.1. The molecule has 196 valence electrons. The van der Waals surface area contributed by atoms with E-state index in [0.717, 1.165) is 16.8 Å². The van der Waals surface area contributed by atoms with E-state index in [2.05, 4.69) is 150 Å². The summed E-state index contributed by atoms with van der Waals surface area (Å²) in [6.45, 7) is 0.500. The van der Waals surface area contributed by atoms with Gasteiger partial charge >= 0.3 is 0 Å². The van der Waals surface area contributed by atoms with Crippen molar-refractivity contribution >= 4 is 11.9 Å². The van der Waals surface area contributed by atoms with Crippen LogP contribution in [0.4, 0.5) is 5.69 Å². The van der Waals surface area contributed by atoms with E-state index in [9.17, 15) is 0 Å². The van der Waals surface area contributed by atoms with Crippen molar-refractivity contribution in [1.82, 2.24) is 0 Å². The van der Waals surface area contributed by atoms with E-state index in [1.165, 1.54) is 38.9 Å². The third-order valence-electron chi connectivity index (χ3n) is 8.10. The van der Waals surface area contributed by atoms with Gasteiger partial charge in [0.15, 0.2) is 0 Å². The molecule has 0 amide bonds. The number of rotatable bonds is 7. The first kappa shape index (κ1) is 24.8. The molecule has 0 fully saturated rings. The topological polar surface area (TPSA) is 24.4 Å². The van der Waals surface area contributed by atoms with Gasteiger partial charge in [-0.2, -0.15) is 0 Å². The van der Waals surface area contributed by atoms with Crippen LogP contribution in [0.15, 0.2) is 163 Å². The molecule has 6 aromatic rings. The fourth-order valence-corrected chi connectivity index (χ4v) is 6.32. The molecule has 0 aliphatic heterocycles. The van der Waals surface area contributed by atoms with Crippen molar-refractivity contribution in [2.24, 2.45) is 4.99 Å². The average Bonchev–Trinajstić information content (AvgIpc) is 3.35. The molecule has 0 atom stereocenters. The maximum Gasteiger partial charge on any atom is 0.107 e. The summed E-state index contributed by atoms with van der Waals surface area (Å²) in [4.78, 5) is 4.62. The Morgan fingerprint density at radius 1 is 0.512 bits per heavy atom. The van der Waals surface area contributed by atoms with Crippen molar-refractivity contribution in [2.75, 3.05) is 12.0 Å². The molecule has 41 heavy (non-hydrogen) atoms. The van der Waals surface area contributed by atoms with Gasteiger partial charge in [0.2, 0.25) is 0 Å². The second-order valence-corrected chi connectivity index (χ2v) is 10.4. The molecular weight excluding hydrogens is 496 g/mol. The summed E-state index contributed by atoms with van der Waals surface area (Å²) < 4.78 is 0. The molecule has 0 aromatic heterocycles. The normalized spacial score (nSPS) is 13.1. The van der Waals surface area contributed by atoms with Crippen LogP contribution >= 0.6 is 0 Å². The van der Waals surface area contributed by atoms with E-state index >= 15 is 0 Å². The molecule has 1 aliphatic rings. The monoisotopic (exact) mass is 526 g/mol. The van der Waals surface area contributed by atoms with Gasteiger partial charge in [-0.05, 0) is 56.6 Å². The molecule has 0 radical (unpaired) electrons. The minimum absolute atomic E-state index is 0.410. The first-order valence-electron chi connectivity index (χ1n) is 14.1. The SMILES string of the molecule is C(=N\CNc1ccccc1-c1ccc2c(c1)C(c1ccccc1)(c1ccccc1)c1ccccc1-2)/c1ccccc1. The second kappa shape index (κ2) is 10.7. The Bertz CT molecular complexity index is 1780. The Hall–Kier alpha value is -5.21. The van der Waals surface area contributed by atoms with Gasteiger partial charge in [0, 0.05) is 17.5 Å². The van der Waals surface area contributed by atoms with E-state index < -0.39 is 5.41 Å². The molecule has 6 aromatic carbocycles. The van der Waals surface area contributed by atoms with Crippen LogP contribution in [-0.4, -0.2) is 12.9 Å². The van der Waals surface area contributed by atoms with E-state index in [1.54, 1.807) is 0 Å². The highest BCUT2D eigenvalue weighted by molar-refractivity contribution is 5.89. The second-order valence-electron chi connectivity index (χ2n) is 10.4. The molecule has 0 spiro atoms. The summed E-state index contributed by atoms with van der Waals surface area (Å²) in [5, 5.41) is 3.55. The van der Waals surface area contributed by atoms with Gasteiger partial charge < -0.3 is 5.32 Å². The summed E-state index contributed by atoms with van der Waals surface area (Å²) in [5.41, 5.74) is 11.9. The Labute approximate surface area is 241 Å². The minimum atomic E-state index is -0.410. The quantitative estimate of drug-likeness (QED) is 0.206. The van der Waals surface area contributed by atoms with Crippen LogP contribution in [0, 0.1) is 0 Å². The number of anilines is 1. The number of nitrogens with zero attached hydrogens (tertiary/aromatic N) is 1. The highest BCUT2D eigenvalue weighted by atomic mass is 15.0. The van der Waals surface area contributed by atoms with E-state index in [1.807, 2.05) is 24.4 Å². The van der Waals surface area contributed by atoms with Gasteiger partial charge in [0.25, 0.3) is 0 Å². The number of nitrogens with one attached hydrogen (secondary N) is 1. The van der Waals surface area contributed by atoms with E-state index in [-0.39, 0.29) is 0 Å². The molecule has 0 unspecified atom stereocenters. The van der Waals surface area contributed by atoms with Crippen molar-refractivity contribution in [3.8, 4) is 22.3 Å². The molecule has 0 heterocycles. The van der Waals surface area contributed by atoms with Gasteiger partial charge in [-0.1, -0.05) is 146 Å². The van der Waals surface area contributed by atoms with Crippen LogP contribution in [0.1, 0.15) is 27.8 Å². The fourth-order valence-electron chi connectivity index (χ4n) is 6.32. The van der Waals surface area contributed by atoms with Crippen molar-refractivity contribution in [3.05, 3.63) is 186 Å². The van der Waals surface area contributed by atoms with E-state index in [0.29, 0.717) is 6.67 Å². The lowest BCUT2D eigenvalue weighted by Crippen LogP contribution is -2.28. The van der Waals surface area contributed by atoms with Crippen LogP contribution in [-0.2, 0) is 5.41 Å². The van der Waals surface area contributed by atoms with Crippen LogP contribution < -0.4 is 5.32 Å². The Balaban J connectivity index is 1.36. The van der Waals surface area contributed by atoms with Gasteiger partial charge in [-0.25, -0.2) is 0 Å². The number of para-hydroxylation sites is 1. The third kappa shape index (κ3) is 4.34. The molecule has 1 N–H and O–H groups in total. The lowest BCUT2D eigenvalue weighted by atomic mass is 9.67. The molecule has 0 saturated carbocycles. The highest BCUT2D eigenvalue weighted by Gasteiger charge is 2.46. The number of hydrogen-bond donors (Lipinski definition) is 1. The number of hydrogen-bond acceptors (Lipinski definition) is 2. The van der Waals surface area contributed by atoms with Crippen LogP contribution in [0.2, 0.25) is 0 Å². The number of fused-ring (bicyclic) bond motifs is 3. The molecule has 0 saturated heterocycles. The molecule has 2 heteroatoms. The first-order chi connectivity index (χ1) is 20.4. The summed E-state index contributed by atoms with van der Waals surface area (Å²) in [7, 11) is 0. The van der Waals surface area contributed by atoms with Crippen LogP contribution in [0.3, 0.4) is 0 Å². The van der Waals surface area contributed by atoms with Gasteiger partial charge in [-0.15, -0.1) is 0 Å². The fraction of sp³-hybridized carbons (Fsp3) is 0.0513. The lowest BCUT2D eigenvalue weighted by molar-refractivity contribution is 0.769. The zero-order chi connectivity index (χ0) is 27.5. The van der Waals surface area contributed by atoms with Crippen molar-refractivity contribution < 1.29 is 0 Å². The van der Waals surface area contributed by atoms with Crippen molar-refractivity contribution in [3.63, 3.8) is 0 Å². The number of benzene rings is 6. The average molecular weight is 527 g/mol. The van der Waals surface area contributed by atoms with Crippen molar-refractivity contribution in [1.29, 1.82) is 0 Å².